The summed E-state index contributed by atoms with van der Waals surface area (Å²) in [5.41, 5.74) is 7.14. The summed E-state index contributed by atoms with van der Waals surface area (Å²) in [5, 5.41) is 0. The highest BCUT2D eigenvalue weighted by atomic mass is 32.2. The van der Waals surface area contributed by atoms with Gasteiger partial charge >= 0.3 is 0 Å². The number of nitrogens with zero attached hydrogens (tertiary/aromatic N) is 1. The predicted octanol–water partition coefficient (Wildman–Crippen LogP) is 2.24. The number of piperidine rings is 1. The highest BCUT2D eigenvalue weighted by Gasteiger charge is 2.31. The summed E-state index contributed by atoms with van der Waals surface area (Å²) >= 11 is 0. The van der Waals surface area contributed by atoms with Gasteiger partial charge in [-0.25, -0.2) is 8.42 Å². The molecule has 1 heterocycles. The van der Waals surface area contributed by atoms with Crippen molar-refractivity contribution in [3.05, 3.63) is 29.8 Å². The van der Waals surface area contributed by atoms with E-state index in [1.807, 2.05) is 19.1 Å². The monoisotopic (exact) mass is 310 g/mol. The molecule has 4 nitrogen and oxygen atoms in total. The number of hydrogen-bond donors (Lipinski definition) is 1. The smallest absolute Gasteiger partial charge is 0.243 e. The van der Waals surface area contributed by atoms with Crippen LogP contribution < -0.4 is 5.73 Å². The van der Waals surface area contributed by atoms with Crippen molar-refractivity contribution in [1.82, 2.24) is 4.31 Å². The van der Waals surface area contributed by atoms with Crippen molar-refractivity contribution < 1.29 is 8.42 Å². The standard InChI is InChI=1S/C16H26N2O2S/c1-12(2)8-14-4-6-16(7-5-14)21(19,20)18-10-13(3)9-15(17)11-18/h4-7,12-13,15H,8-11,17H2,1-3H3. The van der Waals surface area contributed by atoms with Gasteiger partial charge in [0, 0.05) is 19.1 Å². The van der Waals surface area contributed by atoms with Crippen LogP contribution in [0.2, 0.25) is 0 Å². The van der Waals surface area contributed by atoms with Crippen LogP contribution in [-0.4, -0.2) is 31.9 Å². The highest BCUT2D eigenvalue weighted by Crippen LogP contribution is 2.23. The zero-order chi connectivity index (χ0) is 15.6. The lowest BCUT2D eigenvalue weighted by molar-refractivity contribution is 0.254. The molecule has 2 unspecified atom stereocenters. The molecule has 1 aromatic rings. The molecule has 0 spiro atoms. The molecule has 1 saturated heterocycles. The molecule has 0 saturated carbocycles. The molecule has 0 aliphatic carbocycles. The van der Waals surface area contributed by atoms with Crippen molar-refractivity contribution in [1.29, 1.82) is 0 Å². The Morgan fingerprint density at radius 2 is 1.86 bits per heavy atom. The summed E-state index contributed by atoms with van der Waals surface area (Å²) in [6.45, 7) is 7.33. The van der Waals surface area contributed by atoms with Crippen LogP contribution >= 0.6 is 0 Å². The third kappa shape index (κ3) is 4.05. The van der Waals surface area contributed by atoms with Crippen molar-refractivity contribution in [3.63, 3.8) is 0 Å². The van der Waals surface area contributed by atoms with Crippen LogP contribution in [0.5, 0.6) is 0 Å². The molecule has 5 heteroatoms. The lowest BCUT2D eigenvalue weighted by Gasteiger charge is -2.33. The molecule has 0 amide bonds. The fraction of sp³-hybridized carbons (Fsp3) is 0.625. The van der Waals surface area contributed by atoms with Crippen molar-refractivity contribution in [2.24, 2.45) is 17.6 Å². The zero-order valence-corrected chi connectivity index (χ0v) is 13.9. The SMILES string of the molecule is CC(C)Cc1ccc(S(=O)(=O)N2CC(C)CC(N)C2)cc1. The van der Waals surface area contributed by atoms with Gasteiger partial charge in [-0.3, -0.25) is 0 Å². The zero-order valence-electron chi connectivity index (χ0n) is 13.1. The molecule has 0 radical (unpaired) electrons. The van der Waals surface area contributed by atoms with Gasteiger partial charge in [-0.1, -0.05) is 32.9 Å². The normalized spacial score (nSPS) is 24.4. The minimum atomic E-state index is -3.42. The van der Waals surface area contributed by atoms with Crippen LogP contribution in [0.3, 0.4) is 0 Å². The second-order valence-corrected chi connectivity index (χ2v) is 8.60. The van der Waals surface area contributed by atoms with Gasteiger partial charge in [-0.05, 0) is 42.4 Å². The molecule has 1 aromatic carbocycles. The van der Waals surface area contributed by atoms with E-state index in [9.17, 15) is 8.42 Å². The first-order valence-corrected chi connectivity index (χ1v) is 9.07. The number of benzene rings is 1. The molecular weight excluding hydrogens is 284 g/mol. The van der Waals surface area contributed by atoms with Crippen LogP contribution in [0.4, 0.5) is 0 Å². The largest absolute Gasteiger partial charge is 0.326 e. The van der Waals surface area contributed by atoms with Gasteiger partial charge in [0.1, 0.15) is 0 Å². The third-order valence-corrected chi connectivity index (χ3v) is 5.71. The molecule has 1 fully saturated rings. The highest BCUT2D eigenvalue weighted by molar-refractivity contribution is 7.89. The maximum absolute atomic E-state index is 12.7. The van der Waals surface area contributed by atoms with Gasteiger partial charge in [0.25, 0.3) is 0 Å². The maximum atomic E-state index is 12.7. The van der Waals surface area contributed by atoms with Gasteiger partial charge in [0.15, 0.2) is 0 Å². The van der Waals surface area contributed by atoms with Crippen LogP contribution in [-0.2, 0) is 16.4 Å². The summed E-state index contributed by atoms with van der Waals surface area (Å²) in [4.78, 5) is 0.372. The van der Waals surface area contributed by atoms with Gasteiger partial charge in [0.05, 0.1) is 4.90 Å². The first-order chi connectivity index (χ1) is 9.79. The number of nitrogens with two attached hydrogens (primary N) is 1. The number of hydrogen-bond acceptors (Lipinski definition) is 3. The first kappa shape index (κ1) is 16.5. The Morgan fingerprint density at radius 1 is 1.24 bits per heavy atom. The van der Waals surface area contributed by atoms with E-state index in [1.165, 1.54) is 9.87 Å². The lowest BCUT2D eigenvalue weighted by atomic mass is 9.99. The Bertz CT molecular complexity index is 556. The molecule has 2 rings (SSSR count). The van der Waals surface area contributed by atoms with Gasteiger partial charge in [-0.15, -0.1) is 0 Å². The maximum Gasteiger partial charge on any atom is 0.243 e. The first-order valence-electron chi connectivity index (χ1n) is 7.63. The average molecular weight is 310 g/mol. The van der Waals surface area contributed by atoms with Crippen LogP contribution in [0, 0.1) is 11.8 Å². The van der Waals surface area contributed by atoms with Gasteiger partial charge in [0.2, 0.25) is 10.0 Å². The molecule has 2 atom stereocenters. The summed E-state index contributed by atoms with van der Waals surface area (Å²) < 4.78 is 26.9. The molecule has 118 valence electrons. The van der Waals surface area contributed by atoms with Crippen molar-refractivity contribution >= 4 is 10.0 Å². The summed E-state index contributed by atoms with van der Waals surface area (Å²) in [6, 6.07) is 7.21. The Morgan fingerprint density at radius 3 is 2.38 bits per heavy atom. The van der Waals surface area contributed by atoms with Crippen molar-refractivity contribution in [3.8, 4) is 0 Å². The lowest BCUT2D eigenvalue weighted by Crippen LogP contribution is -2.48. The van der Waals surface area contributed by atoms with Gasteiger partial charge in [-0.2, -0.15) is 4.31 Å². The quantitative estimate of drug-likeness (QED) is 0.927. The fourth-order valence-corrected chi connectivity index (χ4v) is 4.58. The Labute approximate surface area is 128 Å². The van der Waals surface area contributed by atoms with E-state index in [0.717, 1.165) is 12.8 Å². The molecule has 0 aromatic heterocycles. The molecule has 2 N–H and O–H groups in total. The Kier molecular flexibility index (Phi) is 5.07. The Balaban J connectivity index is 2.19. The van der Waals surface area contributed by atoms with E-state index in [1.54, 1.807) is 12.1 Å². The second-order valence-electron chi connectivity index (χ2n) is 6.66. The molecule has 1 aliphatic heterocycles. The van der Waals surface area contributed by atoms with E-state index < -0.39 is 10.0 Å². The van der Waals surface area contributed by atoms with E-state index in [4.69, 9.17) is 5.73 Å². The number of sulfonamides is 1. The van der Waals surface area contributed by atoms with E-state index in [0.29, 0.717) is 29.8 Å². The molecular formula is C16H26N2O2S. The van der Waals surface area contributed by atoms with Crippen LogP contribution in [0.15, 0.2) is 29.2 Å². The summed E-state index contributed by atoms with van der Waals surface area (Å²) in [5.74, 6) is 0.872. The van der Waals surface area contributed by atoms with Crippen LogP contribution in [0.25, 0.3) is 0 Å². The molecule has 21 heavy (non-hydrogen) atoms. The number of rotatable bonds is 4. The van der Waals surface area contributed by atoms with E-state index in [-0.39, 0.29) is 6.04 Å². The third-order valence-electron chi connectivity index (χ3n) is 3.86. The second kappa shape index (κ2) is 6.46. The Hall–Kier alpha value is -0.910. The summed E-state index contributed by atoms with van der Waals surface area (Å²) in [6.07, 6.45) is 1.85. The minimum Gasteiger partial charge on any atom is -0.326 e. The fourth-order valence-electron chi connectivity index (χ4n) is 2.96. The van der Waals surface area contributed by atoms with E-state index in [2.05, 4.69) is 13.8 Å². The predicted molar refractivity (Wildman–Crippen MR) is 85.5 cm³/mol. The molecule has 0 bridgehead atoms. The topological polar surface area (TPSA) is 63.4 Å². The van der Waals surface area contributed by atoms with Crippen LogP contribution in [0.1, 0.15) is 32.8 Å². The minimum absolute atomic E-state index is 0.0660. The average Bonchev–Trinajstić information content (AvgIpc) is 2.37. The summed E-state index contributed by atoms with van der Waals surface area (Å²) in [7, 11) is -3.42. The van der Waals surface area contributed by atoms with Crippen molar-refractivity contribution in [2.75, 3.05) is 13.1 Å². The van der Waals surface area contributed by atoms with Crippen molar-refractivity contribution in [2.45, 2.75) is 44.6 Å². The van der Waals surface area contributed by atoms with Gasteiger partial charge < -0.3 is 5.73 Å². The molecule has 1 aliphatic rings. The van der Waals surface area contributed by atoms with E-state index >= 15 is 0 Å².